The highest BCUT2D eigenvalue weighted by Crippen LogP contribution is 2.36. The lowest BCUT2D eigenvalue weighted by molar-refractivity contribution is -0.125. The molecule has 7 heteroatoms. The van der Waals surface area contributed by atoms with Gasteiger partial charge in [0.25, 0.3) is 5.91 Å². The number of ether oxygens (including phenoxy) is 1. The third-order valence-electron chi connectivity index (χ3n) is 4.29. The Labute approximate surface area is 155 Å². The number of hydrogen-bond acceptors (Lipinski definition) is 4. The molecule has 2 amide bonds. The first kappa shape index (κ1) is 17.9. The first-order valence-corrected chi connectivity index (χ1v) is 9.27. The van der Waals surface area contributed by atoms with Crippen molar-refractivity contribution in [1.82, 2.24) is 5.32 Å². The minimum absolute atomic E-state index is 0.198. The molecule has 2 heterocycles. The Balaban J connectivity index is 1.81. The molecule has 132 valence electrons. The van der Waals surface area contributed by atoms with Crippen molar-refractivity contribution in [3.63, 3.8) is 0 Å². The molecule has 1 aliphatic rings. The molecule has 0 saturated carbocycles. The lowest BCUT2D eigenvalue weighted by Gasteiger charge is -2.28. The third kappa shape index (κ3) is 3.71. The van der Waals surface area contributed by atoms with Crippen LogP contribution in [0.2, 0.25) is 5.02 Å². The molecule has 1 aromatic heterocycles. The van der Waals surface area contributed by atoms with Crippen LogP contribution in [0.25, 0.3) is 0 Å². The molecule has 1 aliphatic heterocycles. The van der Waals surface area contributed by atoms with Crippen LogP contribution in [-0.4, -0.2) is 25.5 Å². The zero-order chi connectivity index (χ0) is 18.0. The van der Waals surface area contributed by atoms with Gasteiger partial charge in [-0.05, 0) is 35.2 Å². The summed E-state index contributed by atoms with van der Waals surface area (Å²) in [4.78, 5) is 26.0. The zero-order valence-corrected chi connectivity index (χ0v) is 15.5. The molecule has 0 aliphatic carbocycles. The number of amides is 2. The van der Waals surface area contributed by atoms with E-state index in [0.29, 0.717) is 22.9 Å². The van der Waals surface area contributed by atoms with Gasteiger partial charge >= 0.3 is 0 Å². The van der Waals surface area contributed by atoms with Crippen LogP contribution in [0.4, 0.5) is 5.69 Å². The molecule has 0 radical (unpaired) electrons. The van der Waals surface area contributed by atoms with Gasteiger partial charge < -0.3 is 15.4 Å². The second-order valence-electron chi connectivity index (χ2n) is 5.89. The van der Waals surface area contributed by atoms with Gasteiger partial charge in [-0.25, -0.2) is 0 Å². The van der Waals surface area contributed by atoms with E-state index in [-0.39, 0.29) is 23.8 Å². The molecular weight excluding hydrogens is 360 g/mol. The summed E-state index contributed by atoms with van der Waals surface area (Å²) in [6.07, 6.45) is 0.612. The van der Waals surface area contributed by atoms with Crippen LogP contribution in [0.1, 0.15) is 33.8 Å². The van der Waals surface area contributed by atoms with Crippen LogP contribution in [-0.2, 0) is 16.0 Å². The summed E-state index contributed by atoms with van der Waals surface area (Å²) in [5, 5.41) is 7.85. The molecule has 0 fully saturated rings. The highest BCUT2D eigenvalue weighted by atomic mass is 35.5. The predicted octanol–water partition coefficient (Wildman–Crippen LogP) is 3.65. The van der Waals surface area contributed by atoms with Crippen LogP contribution in [0.15, 0.2) is 29.6 Å². The quantitative estimate of drug-likeness (QED) is 0.853. The largest absolute Gasteiger partial charge is 0.372 e. The summed E-state index contributed by atoms with van der Waals surface area (Å²) >= 11 is 7.66. The van der Waals surface area contributed by atoms with Crippen molar-refractivity contribution in [1.29, 1.82) is 0 Å². The van der Waals surface area contributed by atoms with Gasteiger partial charge in [0.05, 0.1) is 29.9 Å². The smallest absolute Gasteiger partial charge is 0.253 e. The SMILES string of the molecule is CNC(=O)c1cc(Cl)ccc1NC(=O)C(C)C1OCCc2sccc21. The average molecular weight is 379 g/mol. The molecule has 2 unspecified atom stereocenters. The van der Waals surface area contributed by atoms with Crippen molar-refractivity contribution in [2.24, 2.45) is 5.92 Å². The number of nitrogens with one attached hydrogen (secondary N) is 2. The molecule has 0 bridgehead atoms. The van der Waals surface area contributed by atoms with Crippen molar-refractivity contribution < 1.29 is 14.3 Å². The number of fused-ring (bicyclic) bond motifs is 1. The summed E-state index contributed by atoms with van der Waals surface area (Å²) in [7, 11) is 1.53. The Hall–Kier alpha value is -1.89. The number of thiophene rings is 1. The number of benzene rings is 1. The highest BCUT2D eigenvalue weighted by molar-refractivity contribution is 7.10. The zero-order valence-electron chi connectivity index (χ0n) is 14.0. The first-order chi connectivity index (χ1) is 12.0. The summed E-state index contributed by atoms with van der Waals surface area (Å²) in [5.74, 6) is -0.891. The van der Waals surface area contributed by atoms with Crippen LogP contribution in [0.5, 0.6) is 0 Å². The molecule has 2 N–H and O–H groups in total. The van der Waals surface area contributed by atoms with E-state index in [4.69, 9.17) is 16.3 Å². The van der Waals surface area contributed by atoms with Gasteiger partial charge in [0, 0.05) is 23.4 Å². The maximum atomic E-state index is 12.7. The molecule has 25 heavy (non-hydrogen) atoms. The normalized spacial score (nSPS) is 17.5. The predicted molar refractivity (Wildman–Crippen MR) is 99.4 cm³/mol. The van der Waals surface area contributed by atoms with E-state index in [1.54, 1.807) is 23.5 Å². The van der Waals surface area contributed by atoms with Gasteiger partial charge in [-0.3, -0.25) is 9.59 Å². The van der Waals surface area contributed by atoms with Gasteiger partial charge in [0.2, 0.25) is 5.91 Å². The highest BCUT2D eigenvalue weighted by Gasteiger charge is 2.31. The number of rotatable bonds is 4. The van der Waals surface area contributed by atoms with Gasteiger partial charge in [0.1, 0.15) is 0 Å². The lowest BCUT2D eigenvalue weighted by Crippen LogP contribution is -2.31. The number of hydrogen-bond donors (Lipinski definition) is 2. The van der Waals surface area contributed by atoms with Gasteiger partial charge in [-0.1, -0.05) is 18.5 Å². The van der Waals surface area contributed by atoms with E-state index in [1.165, 1.54) is 18.0 Å². The van der Waals surface area contributed by atoms with Crippen molar-refractivity contribution in [2.75, 3.05) is 19.0 Å². The Morgan fingerprint density at radius 1 is 1.36 bits per heavy atom. The molecule has 0 spiro atoms. The molecule has 1 aromatic carbocycles. The van der Waals surface area contributed by atoms with Gasteiger partial charge in [0.15, 0.2) is 0 Å². The maximum absolute atomic E-state index is 12.7. The Morgan fingerprint density at radius 3 is 2.92 bits per heavy atom. The Morgan fingerprint density at radius 2 is 2.16 bits per heavy atom. The summed E-state index contributed by atoms with van der Waals surface area (Å²) in [6.45, 7) is 2.45. The summed E-state index contributed by atoms with van der Waals surface area (Å²) in [6, 6.07) is 6.83. The van der Waals surface area contributed by atoms with Crippen molar-refractivity contribution >= 4 is 40.4 Å². The average Bonchev–Trinajstić information content (AvgIpc) is 3.10. The van der Waals surface area contributed by atoms with Crippen LogP contribution in [0, 0.1) is 5.92 Å². The Kier molecular flexibility index (Phi) is 5.42. The molecule has 2 aromatic rings. The minimum atomic E-state index is -0.387. The van der Waals surface area contributed by atoms with E-state index < -0.39 is 0 Å². The van der Waals surface area contributed by atoms with Crippen LogP contribution < -0.4 is 10.6 Å². The second kappa shape index (κ2) is 7.56. The van der Waals surface area contributed by atoms with E-state index >= 15 is 0 Å². The van der Waals surface area contributed by atoms with Gasteiger partial charge in [-0.15, -0.1) is 11.3 Å². The molecule has 2 atom stereocenters. The van der Waals surface area contributed by atoms with Crippen molar-refractivity contribution in [3.05, 3.63) is 50.7 Å². The summed E-state index contributed by atoms with van der Waals surface area (Å²) in [5.41, 5.74) is 1.85. The topological polar surface area (TPSA) is 67.4 Å². The molecule has 0 saturated heterocycles. The van der Waals surface area contributed by atoms with Crippen molar-refractivity contribution in [3.8, 4) is 0 Å². The monoisotopic (exact) mass is 378 g/mol. The fraction of sp³-hybridized carbons (Fsp3) is 0.333. The second-order valence-corrected chi connectivity index (χ2v) is 7.32. The number of carbonyl (C=O) groups is 2. The number of anilines is 1. The minimum Gasteiger partial charge on any atom is -0.372 e. The molecule has 5 nitrogen and oxygen atoms in total. The first-order valence-electron chi connectivity index (χ1n) is 8.01. The van der Waals surface area contributed by atoms with Crippen molar-refractivity contribution in [2.45, 2.75) is 19.4 Å². The van der Waals surface area contributed by atoms with E-state index in [0.717, 1.165) is 12.0 Å². The van der Waals surface area contributed by atoms with E-state index in [1.807, 2.05) is 18.4 Å². The number of carbonyl (C=O) groups excluding carboxylic acids is 2. The van der Waals surface area contributed by atoms with Gasteiger partial charge in [-0.2, -0.15) is 0 Å². The Bertz CT molecular complexity index is 805. The third-order valence-corrected chi connectivity index (χ3v) is 5.52. The van der Waals surface area contributed by atoms with Crippen LogP contribution >= 0.6 is 22.9 Å². The number of halogens is 1. The standard InChI is InChI=1S/C18H19ClN2O3S/c1-10(16-12-6-8-25-15(12)5-7-24-16)17(22)21-14-4-3-11(19)9-13(14)18(23)20-2/h3-4,6,8-10,16H,5,7H2,1-2H3,(H,20,23)(H,21,22). The maximum Gasteiger partial charge on any atom is 0.253 e. The van der Waals surface area contributed by atoms with Crippen LogP contribution in [0.3, 0.4) is 0 Å². The molecule has 3 rings (SSSR count). The van der Waals surface area contributed by atoms with E-state index in [9.17, 15) is 9.59 Å². The fourth-order valence-electron chi connectivity index (χ4n) is 2.92. The summed E-state index contributed by atoms with van der Waals surface area (Å²) < 4.78 is 5.85. The van der Waals surface area contributed by atoms with E-state index in [2.05, 4.69) is 10.6 Å². The molecular formula is C18H19ClN2O3S. The lowest BCUT2D eigenvalue weighted by atomic mass is 9.94. The fourth-order valence-corrected chi connectivity index (χ4v) is 3.99.